The smallest absolute Gasteiger partial charge is 0.262 e. The fourth-order valence-electron chi connectivity index (χ4n) is 3.42. The minimum atomic E-state index is -3.86. The summed E-state index contributed by atoms with van der Waals surface area (Å²) in [5, 5.41) is 2.78. The third-order valence-corrected chi connectivity index (χ3v) is 6.86. The van der Waals surface area contributed by atoms with Crippen molar-refractivity contribution in [3.05, 3.63) is 88.5 Å². The molecule has 0 fully saturated rings. The lowest BCUT2D eigenvalue weighted by atomic mass is 10.1. The van der Waals surface area contributed by atoms with Gasteiger partial charge in [0, 0.05) is 5.56 Å². The number of amides is 1. The Hall–Kier alpha value is -3.32. The number of hydrogen-bond acceptors (Lipinski definition) is 4. The van der Waals surface area contributed by atoms with Crippen molar-refractivity contribution < 1.29 is 17.9 Å². The Kier molecular flexibility index (Phi) is 7.76. The zero-order chi connectivity index (χ0) is 24.0. The topological polar surface area (TPSA) is 84.5 Å². The molecular formula is C26H30N2O4S. The van der Waals surface area contributed by atoms with Crippen LogP contribution in [-0.4, -0.2) is 27.5 Å². The fourth-order valence-corrected chi connectivity index (χ4v) is 4.82. The molecule has 174 valence electrons. The Bertz CT molecular complexity index is 1240. The van der Waals surface area contributed by atoms with Crippen molar-refractivity contribution in [3.63, 3.8) is 0 Å². The maximum atomic E-state index is 13.0. The van der Waals surface area contributed by atoms with Crippen molar-refractivity contribution in [2.45, 2.75) is 39.0 Å². The zero-order valence-electron chi connectivity index (χ0n) is 19.4. The van der Waals surface area contributed by atoms with Crippen molar-refractivity contribution in [2.24, 2.45) is 0 Å². The van der Waals surface area contributed by atoms with Gasteiger partial charge < -0.3 is 10.1 Å². The van der Waals surface area contributed by atoms with Crippen LogP contribution in [-0.2, 0) is 16.4 Å². The van der Waals surface area contributed by atoms with Gasteiger partial charge in [0.25, 0.3) is 15.9 Å². The van der Waals surface area contributed by atoms with Crippen LogP contribution < -0.4 is 14.8 Å². The van der Waals surface area contributed by atoms with Crippen LogP contribution in [0.1, 0.15) is 39.5 Å². The largest absolute Gasteiger partial charge is 0.492 e. The van der Waals surface area contributed by atoms with Crippen LogP contribution in [0.3, 0.4) is 0 Å². The first-order valence-electron chi connectivity index (χ1n) is 10.9. The number of carbonyl (C=O) groups excluding carboxylic acids is 1. The number of carbonyl (C=O) groups is 1. The van der Waals surface area contributed by atoms with E-state index in [1.165, 1.54) is 11.6 Å². The number of sulfonamides is 1. The minimum Gasteiger partial charge on any atom is -0.492 e. The highest BCUT2D eigenvalue weighted by molar-refractivity contribution is 7.92. The number of anilines is 1. The molecule has 0 saturated heterocycles. The monoisotopic (exact) mass is 466 g/mol. The second-order valence-electron chi connectivity index (χ2n) is 8.01. The van der Waals surface area contributed by atoms with Crippen LogP contribution in [0.2, 0.25) is 0 Å². The molecule has 0 heterocycles. The first kappa shape index (κ1) is 24.3. The van der Waals surface area contributed by atoms with Gasteiger partial charge in [0.2, 0.25) is 0 Å². The lowest BCUT2D eigenvalue weighted by Gasteiger charge is -2.14. The summed E-state index contributed by atoms with van der Waals surface area (Å²) in [6.45, 7) is 8.20. The van der Waals surface area contributed by atoms with E-state index in [-0.39, 0.29) is 16.4 Å². The second-order valence-corrected chi connectivity index (χ2v) is 9.66. The average molecular weight is 467 g/mol. The summed E-state index contributed by atoms with van der Waals surface area (Å²) in [5.74, 6) is 0.380. The van der Waals surface area contributed by atoms with Crippen molar-refractivity contribution in [1.82, 2.24) is 5.32 Å². The zero-order valence-corrected chi connectivity index (χ0v) is 20.3. The average Bonchev–Trinajstić information content (AvgIpc) is 2.79. The molecule has 0 aliphatic rings. The molecule has 1 amide bonds. The predicted octanol–water partition coefficient (Wildman–Crippen LogP) is 4.78. The summed E-state index contributed by atoms with van der Waals surface area (Å²) < 4.78 is 34.4. The number of rotatable bonds is 9. The molecule has 0 atom stereocenters. The van der Waals surface area contributed by atoms with E-state index in [1.54, 1.807) is 25.1 Å². The molecule has 0 aliphatic carbocycles. The van der Waals surface area contributed by atoms with Gasteiger partial charge in [-0.3, -0.25) is 9.52 Å². The van der Waals surface area contributed by atoms with Crippen molar-refractivity contribution in [2.75, 3.05) is 17.9 Å². The van der Waals surface area contributed by atoms with Gasteiger partial charge in [0.05, 0.1) is 17.1 Å². The Morgan fingerprint density at radius 2 is 1.64 bits per heavy atom. The number of hydrogen-bond donors (Lipinski definition) is 2. The van der Waals surface area contributed by atoms with E-state index in [0.29, 0.717) is 24.4 Å². The highest BCUT2D eigenvalue weighted by Gasteiger charge is 2.20. The van der Waals surface area contributed by atoms with E-state index < -0.39 is 10.0 Å². The molecule has 0 unspecified atom stereocenters. The summed E-state index contributed by atoms with van der Waals surface area (Å²) in [4.78, 5) is 12.7. The quantitative estimate of drug-likeness (QED) is 0.444. The Morgan fingerprint density at radius 3 is 2.30 bits per heavy atom. The summed E-state index contributed by atoms with van der Waals surface area (Å²) in [6, 6.07) is 18.0. The third-order valence-electron chi connectivity index (χ3n) is 5.35. The molecule has 2 N–H and O–H groups in total. The van der Waals surface area contributed by atoms with Crippen molar-refractivity contribution in [1.29, 1.82) is 0 Å². The molecule has 7 heteroatoms. The van der Waals surface area contributed by atoms with Crippen molar-refractivity contribution >= 4 is 21.6 Å². The summed E-state index contributed by atoms with van der Waals surface area (Å²) in [6.07, 6.45) is 0.963. The molecule has 33 heavy (non-hydrogen) atoms. The number of ether oxygens (including phenoxy) is 1. The molecule has 3 rings (SSSR count). The van der Waals surface area contributed by atoms with Crippen LogP contribution in [0.5, 0.6) is 5.75 Å². The van der Waals surface area contributed by atoms with E-state index in [4.69, 9.17) is 4.74 Å². The first-order valence-corrected chi connectivity index (χ1v) is 12.4. The van der Waals surface area contributed by atoms with Gasteiger partial charge in [-0.2, -0.15) is 0 Å². The summed E-state index contributed by atoms with van der Waals surface area (Å²) >= 11 is 0. The number of benzene rings is 3. The van der Waals surface area contributed by atoms with Crippen LogP contribution in [0, 0.1) is 20.8 Å². The minimum absolute atomic E-state index is 0.0717. The van der Waals surface area contributed by atoms with Gasteiger partial charge in [-0.05, 0) is 74.2 Å². The molecule has 0 aromatic heterocycles. The van der Waals surface area contributed by atoms with Gasteiger partial charge in [-0.25, -0.2) is 8.42 Å². The summed E-state index contributed by atoms with van der Waals surface area (Å²) in [5.41, 5.74) is 4.45. The summed E-state index contributed by atoms with van der Waals surface area (Å²) in [7, 11) is -3.86. The molecule has 0 spiro atoms. The van der Waals surface area contributed by atoms with Gasteiger partial charge in [0.1, 0.15) is 12.4 Å². The van der Waals surface area contributed by atoms with E-state index in [1.807, 2.05) is 50.2 Å². The first-order chi connectivity index (χ1) is 15.7. The highest BCUT2D eigenvalue weighted by atomic mass is 32.2. The van der Waals surface area contributed by atoms with Crippen molar-refractivity contribution in [3.8, 4) is 5.75 Å². The van der Waals surface area contributed by atoms with E-state index in [0.717, 1.165) is 23.3 Å². The highest BCUT2D eigenvalue weighted by Crippen LogP contribution is 2.23. The molecule has 0 saturated carbocycles. The van der Waals surface area contributed by atoms with E-state index in [2.05, 4.69) is 17.0 Å². The van der Waals surface area contributed by atoms with Crippen LogP contribution in [0.15, 0.2) is 65.6 Å². The van der Waals surface area contributed by atoms with Crippen LogP contribution in [0.4, 0.5) is 5.69 Å². The maximum absolute atomic E-state index is 13.0. The fraction of sp³-hybridized carbons (Fsp3) is 0.269. The standard InChI is InChI=1S/C26H30N2O4S/c1-5-21-8-11-23(12-9-21)32-15-14-27-26(29)22-10-7-19(3)25(17-22)33(30,31)28-24-13-6-18(2)16-20(24)4/h6-13,16-17,28H,5,14-15H2,1-4H3,(H,27,29). The van der Waals surface area contributed by atoms with Gasteiger partial charge in [-0.15, -0.1) is 0 Å². The SMILES string of the molecule is CCc1ccc(OCCNC(=O)c2ccc(C)c(S(=O)(=O)Nc3ccc(C)cc3C)c2)cc1. The Labute approximate surface area is 196 Å². The second kappa shape index (κ2) is 10.5. The van der Waals surface area contributed by atoms with Gasteiger partial charge in [0.15, 0.2) is 0 Å². The normalized spacial score (nSPS) is 11.2. The molecule has 0 radical (unpaired) electrons. The molecule has 3 aromatic carbocycles. The van der Waals surface area contributed by atoms with Gasteiger partial charge >= 0.3 is 0 Å². The number of nitrogens with one attached hydrogen (secondary N) is 2. The third kappa shape index (κ3) is 6.35. The molecule has 0 bridgehead atoms. The lowest BCUT2D eigenvalue weighted by molar-refractivity contribution is 0.0946. The Morgan fingerprint density at radius 1 is 0.909 bits per heavy atom. The van der Waals surface area contributed by atoms with Gasteiger partial charge in [-0.1, -0.05) is 42.8 Å². The van der Waals surface area contributed by atoms with E-state index in [9.17, 15) is 13.2 Å². The van der Waals surface area contributed by atoms with Crippen LogP contribution in [0.25, 0.3) is 0 Å². The van der Waals surface area contributed by atoms with E-state index >= 15 is 0 Å². The maximum Gasteiger partial charge on any atom is 0.262 e. The Balaban J connectivity index is 1.64. The molecule has 3 aromatic rings. The van der Waals surface area contributed by atoms with Crippen LogP contribution >= 0.6 is 0 Å². The molecule has 0 aliphatic heterocycles. The molecule has 6 nitrogen and oxygen atoms in total. The lowest BCUT2D eigenvalue weighted by Crippen LogP contribution is -2.28. The molecular weight excluding hydrogens is 436 g/mol. The number of aryl methyl sites for hydroxylation is 4. The predicted molar refractivity (Wildman–Crippen MR) is 132 cm³/mol.